The summed E-state index contributed by atoms with van der Waals surface area (Å²) in [6.07, 6.45) is 4.31. The first-order valence-electron chi connectivity index (χ1n) is 6.69. The number of aromatic nitrogens is 1. The van der Waals surface area contributed by atoms with Crippen LogP contribution in [0.3, 0.4) is 0 Å². The number of aromatic hydroxyl groups is 1. The van der Waals surface area contributed by atoms with Crippen LogP contribution in [0.15, 0.2) is 48.8 Å². The molecule has 1 amide bonds. The predicted octanol–water partition coefficient (Wildman–Crippen LogP) is 2.21. The zero-order valence-corrected chi connectivity index (χ0v) is 11.0. The molecule has 3 rings (SSSR count). The third-order valence-corrected chi connectivity index (χ3v) is 3.62. The number of phenolic OH excluding ortho intramolecular Hbond substituents is 1. The molecule has 1 aliphatic carbocycles. The van der Waals surface area contributed by atoms with Gasteiger partial charge in [-0.15, -0.1) is 0 Å². The van der Waals surface area contributed by atoms with E-state index in [1.807, 2.05) is 24.3 Å². The zero-order chi connectivity index (χ0) is 13.9. The molecule has 0 bridgehead atoms. The van der Waals surface area contributed by atoms with Crippen LogP contribution in [0.25, 0.3) is 0 Å². The van der Waals surface area contributed by atoms with Gasteiger partial charge in [0.25, 0.3) is 0 Å². The monoisotopic (exact) mass is 268 g/mol. The number of rotatable bonds is 4. The van der Waals surface area contributed by atoms with Gasteiger partial charge in [0, 0.05) is 24.9 Å². The first-order valence-corrected chi connectivity index (χ1v) is 6.69. The summed E-state index contributed by atoms with van der Waals surface area (Å²) in [5.74, 6) is 0.579. The molecule has 1 saturated carbocycles. The maximum atomic E-state index is 12.1. The minimum Gasteiger partial charge on any atom is -0.508 e. The van der Waals surface area contributed by atoms with Crippen molar-refractivity contribution in [3.63, 3.8) is 0 Å². The van der Waals surface area contributed by atoms with Crippen LogP contribution in [0.4, 0.5) is 0 Å². The number of nitrogens with zero attached hydrogens (tertiary/aromatic N) is 1. The molecule has 20 heavy (non-hydrogen) atoms. The lowest BCUT2D eigenvalue weighted by molar-refractivity contribution is -0.122. The Hall–Kier alpha value is -2.36. The fourth-order valence-electron chi connectivity index (χ4n) is 2.43. The van der Waals surface area contributed by atoms with Crippen LogP contribution in [-0.4, -0.2) is 16.0 Å². The molecule has 0 saturated heterocycles. The van der Waals surface area contributed by atoms with E-state index in [1.54, 1.807) is 24.5 Å². The Labute approximate surface area is 117 Å². The molecular weight excluding hydrogens is 252 g/mol. The minimum absolute atomic E-state index is 0.0217. The Kier molecular flexibility index (Phi) is 3.37. The van der Waals surface area contributed by atoms with Gasteiger partial charge in [0.1, 0.15) is 5.75 Å². The van der Waals surface area contributed by atoms with Gasteiger partial charge in [-0.2, -0.15) is 0 Å². The lowest BCUT2D eigenvalue weighted by Gasteiger charge is -2.05. The van der Waals surface area contributed by atoms with Gasteiger partial charge in [0.15, 0.2) is 0 Å². The first-order chi connectivity index (χ1) is 9.74. The highest BCUT2D eigenvalue weighted by Gasteiger charge is 2.43. The predicted molar refractivity (Wildman–Crippen MR) is 75.0 cm³/mol. The van der Waals surface area contributed by atoms with E-state index in [4.69, 9.17) is 0 Å². The van der Waals surface area contributed by atoms with Gasteiger partial charge in [-0.25, -0.2) is 0 Å². The van der Waals surface area contributed by atoms with Crippen molar-refractivity contribution >= 4 is 5.91 Å². The highest BCUT2D eigenvalue weighted by atomic mass is 16.3. The Bertz CT molecular complexity index is 613. The molecule has 1 aromatic carbocycles. The summed E-state index contributed by atoms with van der Waals surface area (Å²) in [6, 6.07) is 10.9. The molecule has 1 heterocycles. The summed E-state index contributed by atoms with van der Waals surface area (Å²) in [5.41, 5.74) is 2.03. The smallest absolute Gasteiger partial charge is 0.224 e. The lowest BCUT2D eigenvalue weighted by atomic mass is 10.1. The van der Waals surface area contributed by atoms with E-state index in [0.717, 1.165) is 17.5 Å². The first kappa shape index (κ1) is 12.7. The second kappa shape index (κ2) is 5.33. The van der Waals surface area contributed by atoms with Crippen molar-refractivity contribution in [2.75, 3.05) is 0 Å². The molecule has 1 aromatic heterocycles. The highest BCUT2D eigenvalue weighted by molar-refractivity contribution is 5.82. The second-order valence-electron chi connectivity index (χ2n) is 5.12. The molecule has 1 aliphatic rings. The van der Waals surface area contributed by atoms with Gasteiger partial charge < -0.3 is 10.4 Å². The third kappa shape index (κ3) is 2.79. The fourth-order valence-corrected chi connectivity index (χ4v) is 2.43. The number of hydrogen-bond acceptors (Lipinski definition) is 3. The van der Waals surface area contributed by atoms with Crippen molar-refractivity contribution in [2.45, 2.75) is 18.9 Å². The van der Waals surface area contributed by atoms with Gasteiger partial charge in [0.05, 0.1) is 0 Å². The van der Waals surface area contributed by atoms with Crippen LogP contribution < -0.4 is 5.32 Å². The molecule has 0 aliphatic heterocycles. The molecule has 0 unspecified atom stereocenters. The average Bonchev–Trinajstić information content (AvgIpc) is 3.26. The molecule has 0 radical (unpaired) electrons. The van der Waals surface area contributed by atoms with Gasteiger partial charge in [-0.05, 0) is 41.7 Å². The topological polar surface area (TPSA) is 62.2 Å². The number of amides is 1. The quantitative estimate of drug-likeness (QED) is 0.893. The number of benzene rings is 1. The summed E-state index contributed by atoms with van der Waals surface area (Å²) < 4.78 is 0. The molecule has 2 N–H and O–H groups in total. The lowest BCUT2D eigenvalue weighted by Crippen LogP contribution is -2.24. The normalized spacial score (nSPS) is 20.4. The second-order valence-corrected chi connectivity index (χ2v) is 5.12. The van der Waals surface area contributed by atoms with E-state index >= 15 is 0 Å². The van der Waals surface area contributed by atoms with Crippen molar-refractivity contribution in [1.82, 2.24) is 10.3 Å². The summed E-state index contributed by atoms with van der Waals surface area (Å²) in [7, 11) is 0. The standard InChI is InChI=1S/C16H16N2O2/c19-13-5-1-4-12(7-13)14-8-15(14)16(20)18-10-11-3-2-6-17-9-11/h1-7,9,14-15,19H,8,10H2,(H,18,20)/t14-,15+/m0/s1. The van der Waals surface area contributed by atoms with Gasteiger partial charge in [0.2, 0.25) is 5.91 Å². The number of nitrogens with one attached hydrogen (secondary N) is 1. The van der Waals surface area contributed by atoms with Crippen LogP contribution >= 0.6 is 0 Å². The number of carbonyl (C=O) groups is 1. The third-order valence-electron chi connectivity index (χ3n) is 3.62. The molecule has 1 fully saturated rings. The highest BCUT2D eigenvalue weighted by Crippen LogP contribution is 2.48. The van der Waals surface area contributed by atoms with Gasteiger partial charge in [-0.3, -0.25) is 9.78 Å². The summed E-state index contributed by atoms with van der Waals surface area (Å²) in [5, 5.41) is 12.4. The average molecular weight is 268 g/mol. The molecule has 4 heteroatoms. The van der Waals surface area contributed by atoms with E-state index < -0.39 is 0 Å². The maximum Gasteiger partial charge on any atom is 0.224 e. The molecule has 102 valence electrons. The molecule has 0 spiro atoms. The Morgan fingerprint density at radius 3 is 3.00 bits per heavy atom. The van der Waals surface area contributed by atoms with Crippen molar-refractivity contribution < 1.29 is 9.90 Å². The Morgan fingerprint density at radius 2 is 2.25 bits per heavy atom. The van der Waals surface area contributed by atoms with Crippen molar-refractivity contribution in [3.8, 4) is 5.75 Å². The van der Waals surface area contributed by atoms with E-state index in [-0.39, 0.29) is 23.5 Å². The van der Waals surface area contributed by atoms with Crippen molar-refractivity contribution in [2.24, 2.45) is 5.92 Å². The van der Waals surface area contributed by atoms with Crippen LogP contribution in [0.5, 0.6) is 5.75 Å². The number of phenols is 1. The van der Waals surface area contributed by atoms with Gasteiger partial charge >= 0.3 is 0 Å². The van der Waals surface area contributed by atoms with E-state index in [2.05, 4.69) is 10.3 Å². The van der Waals surface area contributed by atoms with Crippen LogP contribution in [0.1, 0.15) is 23.5 Å². The number of pyridine rings is 1. The maximum absolute atomic E-state index is 12.1. The van der Waals surface area contributed by atoms with E-state index in [9.17, 15) is 9.90 Å². The molecular formula is C16H16N2O2. The SMILES string of the molecule is O=C(NCc1cccnc1)[C@@H]1C[C@H]1c1cccc(O)c1. The minimum atomic E-state index is 0.0217. The zero-order valence-electron chi connectivity index (χ0n) is 11.0. The van der Waals surface area contributed by atoms with E-state index in [1.165, 1.54) is 0 Å². The Balaban J connectivity index is 1.55. The molecule has 2 aromatic rings. The largest absolute Gasteiger partial charge is 0.508 e. The van der Waals surface area contributed by atoms with Gasteiger partial charge in [-0.1, -0.05) is 18.2 Å². The fraction of sp³-hybridized carbons (Fsp3) is 0.250. The van der Waals surface area contributed by atoms with Crippen LogP contribution in [0, 0.1) is 5.92 Å². The summed E-state index contributed by atoms with van der Waals surface area (Å²) in [6.45, 7) is 0.510. The van der Waals surface area contributed by atoms with E-state index in [0.29, 0.717) is 6.54 Å². The Morgan fingerprint density at radius 1 is 1.35 bits per heavy atom. The number of carbonyl (C=O) groups excluding carboxylic acids is 1. The molecule has 4 nitrogen and oxygen atoms in total. The van der Waals surface area contributed by atoms with Crippen molar-refractivity contribution in [1.29, 1.82) is 0 Å². The summed E-state index contributed by atoms with van der Waals surface area (Å²) >= 11 is 0. The van der Waals surface area contributed by atoms with Crippen LogP contribution in [0.2, 0.25) is 0 Å². The molecule has 2 atom stereocenters. The summed E-state index contributed by atoms with van der Waals surface area (Å²) in [4.78, 5) is 16.1. The number of hydrogen-bond donors (Lipinski definition) is 2. The van der Waals surface area contributed by atoms with Crippen molar-refractivity contribution in [3.05, 3.63) is 59.9 Å². The van der Waals surface area contributed by atoms with Crippen LogP contribution in [-0.2, 0) is 11.3 Å².